The van der Waals surface area contributed by atoms with Crippen molar-refractivity contribution in [2.45, 2.75) is 36.1 Å². The zero-order chi connectivity index (χ0) is 8.20. The molecule has 0 bridgehead atoms. The molecule has 0 aromatic heterocycles. The maximum absolute atomic E-state index is 11.6. The second kappa shape index (κ2) is 13.0. The van der Waals surface area contributed by atoms with Gasteiger partial charge in [-0.05, 0) is 0 Å². The van der Waals surface area contributed by atoms with E-state index in [9.17, 15) is 13.3 Å². The van der Waals surface area contributed by atoms with Gasteiger partial charge in [-0.25, -0.2) is 8.78 Å². The molecule has 0 atom stereocenters. The summed E-state index contributed by atoms with van der Waals surface area (Å²) in [5.41, 5.74) is 0. The molecule has 0 heterocycles. The van der Waals surface area contributed by atoms with Crippen molar-refractivity contribution < 1.29 is 22.4 Å². The van der Waals surface area contributed by atoms with Crippen molar-refractivity contribution in [3.63, 3.8) is 0 Å². The van der Waals surface area contributed by atoms with E-state index in [1.165, 1.54) is 0 Å². The van der Waals surface area contributed by atoms with Crippen molar-refractivity contribution in [2.75, 3.05) is 20.4 Å². The summed E-state index contributed by atoms with van der Waals surface area (Å²) < 4.78 is 42.5. The normalized spacial score (nSPS) is 8.93. The average molecular weight is 238 g/mol. The summed E-state index contributed by atoms with van der Waals surface area (Å²) in [6, 6.07) is 0. The molecule has 0 spiro atoms. The van der Waals surface area contributed by atoms with E-state index in [0.29, 0.717) is 0 Å². The molecule has 6 heteroatoms. The van der Waals surface area contributed by atoms with Gasteiger partial charge in [-0.15, -0.1) is 0 Å². The largest absolute Gasteiger partial charge is 0.335 e. The highest BCUT2D eigenvalue weighted by atomic mass is 31.2. The van der Waals surface area contributed by atoms with E-state index in [4.69, 9.17) is 0 Å². The molecule has 0 aromatic carbocycles. The van der Waals surface area contributed by atoms with Crippen LogP contribution in [0.15, 0.2) is 0 Å². The van der Waals surface area contributed by atoms with Crippen LogP contribution in [-0.4, -0.2) is 26.8 Å². The maximum atomic E-state index is 11.6. The second-order valence-electron chi connectivity index (χ2n) is 1.55. The molecule has 0 saturated carbocycles. The van der Waals surface area contributed by atoms with E-state index in [1.807, 2.05) is 0 Å². The lowest BCUT2D eigenvalue weighted by molar-refractivity contribution is 0.159. The molecular weight excluding hydrogens is 213 g/mol. The van der Waals surface area contributed by atoms with Gasteiger partial charge in [0.1, 0.15) is 6.16 Å². The number of halogens is 2. The van der Waals surface area contributed by atoms with Gasteiger partial charge in [0.25, 0.3) is 0 Å². The Hall–Kier alpha value is 0.01000. The fraction of sp³-hybridized carbons (Fsp3) is 1.00. The predicted molar refractivity (Wildman–Crippen MR) is 59.4 cm³/mol. The molecule has 0 unspecified atom stereocenters. The molecule has 0 aliphatic heterocycles. The highest BCUT2D eigenvalue weighted by molar-refractivity contribution is 7.53. The van der Waals surface area contributed by atoms with Crippen LogP contribution >= 0.6 is 7.60 Å². The first-order valence-corrected chi connectivity index (χ1v) is 4.25. The van der Waals surface area contributed by atoms with Gasteiger partial charge >= 0.3 is 7.60 Å². The van der Waals surface area contributed by atoms with Crippen LogP contribution in [0.3, 0.4) is 0 Å². The first kappa shape index (κ1) is 29.2. The lowest BCUT2D eigenvalue weighted by Crippen LogP contribution is -2.03. The number of hydrogen-bond donors (Lipinski definition) is 0. The molecule has 0 saturated heterocycles. The fourth-order valence-corrected chi connectivity index (χ4v) is 1.18. The lowest BCUT2D eigenvalue weighted by Gasteiger charge is -2.11. The fourth-order valence-electron chi connectivity index (χ4n) is 0.393. The van der Waals surface area contributed by atoms with E-state index >= 15 is 0 Å². The van der Waals surface area contributed by atoms with Gasteiger partial charge in [0.15, 0.2) is 0 Å². The van der Waals surface area contributed by atoms with Crippen LogP contribution in [0.25, 0.3) is 0 Å². The Balaban J connectivity index is -0.0000000675. The smallest absolute Gasteiger partial charge is 0.312 e. The summed E-state index contributed by atoms with van der Waals surface area (Å²) in [7, 11) is -1.34. The minimum atomic E-state index is -3.49. The number of alkyl halides is 2. The zero-order valence-corrected chi connectivity index (χ0v) is 6.61. The Bertz CT molecular complexity index is 135. The summed E-state index contributed by atoms with van der Waals surface area (Å²) in [4.78, 5) is 0. The summed E-state index contributed by atoms with van der Waals surface area (Å²) in [6.07, 6.45) is -3.51. The van der Waals surface area contributed by atoms with Crippen molar-refractivity contribution in [3.8, 4) is 0 Å². The molecule has 0 N–H and O–H groups in total. The highest BCUT2D eigenvalue weighted by Crippen LogP contribution is 2.47. The van der Waals surface area contributed by atoms with Gasteiger partial charge < -0.3 is 9.05 Å². The Morgan fingerprint density at radius 1 is 1.07 bits per heavy atom. The van der Waals surface area contributed by atoms with Crippen molar-refractivity contribution in [1.29, 1.82) is 0 Å². The molecular formula is C8H25F2O3P. The molecule has 94 valence electrons. The monoisotopic (exact) mass is 238 g/mol. The molecule has 14 heavy (non-hydrogen) atoms. The van der Waals surface area contributed by atoms with E-state index in [0.717, 1.165) is 14.2 Å². The third-order valence-electron chi connectivity index (χ3n) is 0.918. The van der Waals surface area contributed by atoms with Crippen LogP contribution in [0, 0.1) is 0 Å². The third kappa shape index (κ3) is 12.0. The van der Waals surface area contributed by atoms with Crippen molar-refractivity contribution in [1.82, 2.24) is 0 Å². The van der Waals surface area contributed by atoms with Gasteiger partial charge in [0.05, 0.1) is 0 Å². The van der Waals surface area contributed by atoms with Crippen molar-refractivity contribution in [2.24, 2.45) is 0 Å². The molecule has 0 fully saturated rings. The second-order valence-corrected chi connectivity index (χ2v) is 3.87. The quantitative estimate of drug-likeness (QED) is 0.685. The first-order chi connectivity index (χ1) is 4.54. The van der Waals surface area contributed by atoms with E-state index in [1.54, 1.807) is 0 Å². The van der Waals surface area contributed by atoms with Crippen LogP contribution in [0.5, 0.6) is 0 Å². The maximum Gasteiger partial charge on any atom is 0.335 e. The van der Waals surface area contributed by atoms with E-state index in [-0.39, 0.29) is 29.7 Å². The van der Waals surface area contributed by atoms with E-state index in [2.05, 4.69) is 9.05 Å². The van der Waals surface area contributed by atoms with Crippen LogP contribution in [0.1, 0.15) is 29.7 Å². The SMILES string of the molecule is C.C.C.C.COP(=O)(CC(F)F)OC. The summed E-state index contributed by atoms with van der Waals surface area (Å²) >= 11 is 0. The lowest BCUT2D eigenvalue weighted by atomic mass is 10.9. The first-order valence-electron chi connectivity index (χ1n) is 2.53. The molecule has 0 rings (SSSR count). The highest BCUT2D eigenvalue weighted by Gasteiger charge is 2.26. The summed E-state index contributed by atoms with van der Waals surface area (Å²) in [5, 5.41) is 0. The average Bonchev–Trinajstić information content (AvgIpc) is 1.87. The molecule has 3 nitrogen and oxygen atoms in total. The van der Waals surface area contributed by atoms with Gasteiger partial charge in [0, 0.05) is 14.2 Å². The van der Waals surface area contributed by atoms with Crippen LogP contribution < -0.4 is 0 Å². The van der Waals surface area contributed by atoms with Crippen LogP contribution in [0.4, 0.5) is 8.78 Å². The Morgan fingerprint density at radius 3 is 1.43 bits per heavy atom. The predicted octanol–water partition coefficient (Wildman–Crippen LogP) is 4.28. The molecule has 0 aromatic rings. The number of hydrogen-bond acceptors (Lipinski definition) is 3. The standard InChI is InChI=1S/C4H9F2O3P.4CH4/c1-8-10(7,9-2)3-4(5)6;;;;/h4H,3H2,1-2H3;4*1H4. The summed E-state index contributed by atoms with van der Waals surface area (Å²) in [6.45, 7) is 0. The van der Waals surface area contributed by atoms with Crippen LogP contribution in [-0.2, 0) is 13.6 Å². The van der Waals surface area contributed by atoms with Crippen LogP contribution in [0.2, 0.25) is 0 Å². The zero-order valence-electron chi connectivity index (χ0n) is 5.71. The topological polar surface area (TPSA) is 35.5 Å². The van der Waals surface area contributed by atoms with Crippen molar-refractivity contribution >= 4 is 7.60 Å². The minimum absolute atomic E-state index is 0. The number of rotatable bonds is 4. The van der Waals surface area contributed by atoms with E-state index < -0.39 is 20.2 Å². The van der Waals surface area contributed by atoms with Gasteiger partial charge in [-0.2, -0.15) is 0 Å². The Kier molecular flexibility index (Phi) is 27.1. The molecule has 0 amide bonds. The minimum Gasteiger partial charge on any atom is -0.312 e. The van der Waals surface area contributed by atoms with Gasteiger partial charge in [-0.3, -0.25) is 4.57 Å². The van der Waals surface area contributed by atoms with Gasteiger partial charge in [0.2, 0.25) is 6.43 Å². The third-order valence-corrected chi connectivity index (χ3v) is 2.75. The van der Waals surface area contributed by atoms with Gasteiger partial charge in [-0.1, -0.05) is 29.7 Å². The molecule has 0 aliphatic rings. The molecule has 0 radical (unpaired) electrons. The Labute approximate surface area is 87.3 Å². The Morgan fingerprint density at radius 2 is 1.36 bits per heavy atom. The molecule has 0 aliphatic carbocycles. The van der Waals surface area contributed by atoms with Crippen molar-refractivity contribution in [3.05, 3.63) is 0 Å². The summed E-state index contributed by atoms with van der Waals surface area (Å²) in [5.74, 6) is 0.